The van der Waals surface area contributed by atoms with E-state index in [1.165, 1.54) is 11.1 Å². The number of allylic oxidation sites excluding steroid dienone is 1. The Labute approximate surface area is 138 Å². The van der Waals surface area contributed by atoms with Gasteiger partial charge in [0.2, 0.25) is 0 Å². The van der Waals surface area contributed by atoms with Crippen LogP contribution in [-0.2, 0) is 11.8 Å². The van der Waals surface area contributed by atoms with Crippen molar-refractivity contribution in [1.29, 1.82) is 0 Å². The summed E-state index contributed by atoms with van der Waals surface area (Å²) in [6, 6.07) is 5.64. The molecule has 0 aromatic heterocycles. The van der Waals surface area contributed by atoms with Crippen LogP contribution in [-0.4, -0.2) is 26.5 Å². The molecule has 1 fully saturated rings. The number of aliphatic hydroxyl groups is 2. The highest BCUT2D eigenvalue weighted by atomic mass is 16.4. The molecule has 0 saturated heterocycles. The van der Waals surface area contributed by atoms with E-state index in [9.17, 15) is 15.3 Å². The van der Waals surface area contributed by atoms with Crippen molar-refractivity contribution in [3.63, 3.8) is 0 Å². The predicted octanol–water partition coefficient (Wildman–Crippen LogP) is 3.45. The molecule has 0 bridgehead atoms. The standard InChI is InChI=1S/C20H28O3/c1-4-10-20(23)12-15-7-6-14-11-16(21)8-9-17(14)19(15,5-2)13-18(20,3)22/h4,8-11,15,21-23H,5-7,12-13H2,1-3H3/b10-4+/t15-,18-,19-,20+/m1/s1. The van der Waals surface area contributed by atoms with E-state index in [4.69, 9.17) is 0 Å². The second kappa shape index (κ2) is 5.35. The van der Waals surface area contributed by atoms with E-state index in [-0.39, 0.29) is 5.41 Å². The molecule has 3 nitrogen and oxygen atoms in total. The third kappa shape index (κ3) is 2.33. The smallest absolute Gasteiger partial charge is 0.115 e. The maximum absolute atomic E-state index is 11.1. The average molecular weight is 316 g/mol. The predicted molar refractivity (Wildman–Crippen MR) is 91.5 cm³/mol. The van der Waals surface area contributed by atoms with Crippen molar-refractivity contribution in [1.82, 2.24) is 0 Å². The van der Waals surface area contributed by atoms with E-state index in [1.54, 1.807) is 19.1 Å². The largest absolute Gasteiger partial charge is 0.508 e. The number of hydrogen-bond donors (Lipinski definition) is 3. The van der Waals surface area contributed by atoms with Crippen LogP contribution in [0, 0.1) is 5.92 Å². The van der Waals surface area contributed by atoms with Gasteiger partial charge in [0.25, 0.3) is 0 Å². The minimum absolute atomic E-state index is 0.126. The van der Waals surface area contributed by atoms with Gasteiger partial charge in [-0.1, -0.05) is 25.1 Å². The number of fused-ring (bicyclic) bond motifs is 3. The van der Waals surface area contributed by atoms with Gasteiger partial charge in [-0.3, -0.25) is 0 Å². The van der Waals surface area contributed by atoms with E-state index in [0.29, 0.717) is 24.5 Å². The van der Waals surface area contributed by atoms with Crippen LogP contribution in [0.1, 0.15) is 57.6 Å². The van der Waals surface area contributed by atoms with Crippen LogP contribution in [0.25, 0.3) is 0 Å². The molecule has 3 N–H and O–H groups in total. The number of benzene rings is 1. The van der Waals surface area contributed by atoms with Crippen LogP contribution in [0.15, 0.2) is 30.4 Å². The van der Waals surface area contributed by atoms with E-state index < -0.39 is 11.2 Å². The molecule has 3 rings (SSSR count). The number of rotatable bonds is 2. The lowest BCUT2D eigenvalue weighted by molar-refractivity contribution is -0.173. The Morgan fingerprint density at radius 3 is 2.70 bits per heavy atom. The molecular weight excluding hydrogens is 288 g/mol. The van der Waals surface area contributed by atoms with Crippen LogP contribution in [0.3, 0.4) is 0 Å². The minimum atomic E-state index is -1.17. The Hall–Kier alpha value is -1.32. The summed E-state index contributed by atoms with van der Waals surface area (Å²) in [6.45, 7) is 5.81. The van der Waals surface area contributed by atoms with Crippen LogP contribution in [0.2, 0.25) is 0 Å². The van der Waals surface area contributed by atoms with Gasteiger partial charge in [-0.15, -0.1) is 0 Å². The lowest BCUT2D eigenvalue weighted by atomic mass is 9.49. The van der Waals surface area contributed by atoms with Gasteiger partial charge in [-0.05, 0) is 75.1 Å². The average Bonchev–Trinajstić information content (AvgIpc) is 2.48. The molecule has 23 heavy (non-hydrogen) atoms. The van der Waals surface area contributed by atoms with Crippen LogP contribution in [0.4, 0.5) is 0 Å². The molecule has 4 atom stereocenters. The van der Waals surface area contributed by atoms with Crippen molar-refractivity contribution in [2.45, 2.75) is 69.5 Å². The Morgan fingerprint density at radius 1 is 1.30 bits per heavy atom. The number of aryl methyl sites for hydroxylation is 1. The van der Waals surface area contributed by atoms with Gasteiger partial charge in [0, 0.05) is 5.41 Å². The van der Waals surface area contributed by atoms with Gasteiger partial charge in [0.1, 0.15) is 11.4 Å². The van der Waals surface area contributed by atoms with Crippen molar-refractivity contribution in [3.05, 3.63) is 41.5 Å². The van der Waals surface area contributed by atoms with E-state index in [1.807, 2.05) is 25.1 Å². The fraction of sp³-hybridized carbons (Fsp3) is 0.600. The Balaban J connectivity index is 2.12. The third-order valence-corrected chi connectivity index (χ3v) is 6.39. The first kappa shape index (κ1) is 16.5. The van der Waals surface area contributed by atoms with Gasteiger partial charge in [-0.2, -0.15) is 0 Å². The zero-order valence-corrected chi connectivity index (χ0v) is 14.3. The third-order valence-electron chi connectivity index (χ3n) is 6.39. The van der Waals surface area contributed by atoms with Crippen molar-refractivity contribution in [3.8, 4) is 5.75 Å². The summed E-state index contributed by atoms with van der Waals surface area (Å²) >= 11 is 0. The molecule has 1 saturated carbocycles. The number of aromatic hydroxyl groups is 1. The van der Waals surface area contributed by atoms with Crippen molar-refractivity contribution >= 4 is 0 Å². The van der Waals surface area contributed by atoms with E-state index >= 15 is 0 Å². The van der Waals surface area contributed by atoms with Crippen molar-refractivity contribution < 1.29 is 15.3 Å². The van der Waals surface area contributed by atoms with E-state index in [2.05, 4.69) is 6.92 Å². The number of phenolic OH excluding ortho intramolecular Hbond substituents is 1. The molecule has 0 aliphatic heterocycles. The van der Waals surface area contributed by atoms with Crippen molar-refractivity contribution in [2.24, 2.45) is 5.92 Å². The van der Waals surface area contributed by atoms with Crippen LogP contribution >= 0.6 is 0 Å². The summed E-state index contributed by atoms with van der Waals surface area (Å²) in [5, 5.41) is 32.0. The minimum Gasteiger partial charge on any atom is -0.508 e. The van der Waals surface area contributed by atoms with Gasteiger partial charge < -0.3 is 15.3 Å². The first-order chi connectivity index (χ1) is 10.8. The zero-order valence-electron chi connectivity index (χ0n) is 14.3. The highest BCUT2D eigenvalue weighted by Crippen LogP contribution is 2.57. The first-order valence-corrected chi connectivity index (χ1v) is 8.69. The summed E-state index contributed by atoms with van der Waals surface area (Å²) in [5.74, 6) is 0.646. The molecule has 1 aromatic rings. The maximum Gasteiger partial charge on any atom is 0.115 e. The lowest BCUT2D eigenvalue weighted by Gasteiger charge is -2.58. The SMILES string of the molecule is C/C=C/[C@]1(O)C[C@H]2CCc3cc(O)ccc3[C@]2(CC)C[C@@]1(C)O. The Bertz CT molecular complexity index is 634. The Morgan fingerprint density at radius 2 is 2.04 bits per heavy atom. The molecule has 1 aromatic carbocycles. The van der Waals surface area contributed by atoms with Crippen LogP contribution in [0.5, 0.6) is 5.75 Å². The summed E-state index contributed by atoms with van der Waals surface area (Å²) in [6.07, 6.45) is 7.56. The van der Waals surface area contributed by atoms with Gasteiger partial charge in [-0.25, -0.2) is 0 Å². The topological polar surface area (TPSA) is 60.7 Å². The summed E-state index contributed by atoms with van der Waals surface area (Å²) in [5.41, 5.74) is -0.0244. The molecule has 0 radical (unpaired) electrons. The summed E-state index contributed by atoms with van der Waals surface area (Å²) in [7, 11) is 0. The molecule has 0 amide bonds. The van der Waals surface area contributed by atoms with Gasteiger partial charge in [0.15, 0.2) is 0 Å². The molecule has 126 valence electrons. The normalized spacial score (nSPS) is 40.0. The molecule has 0 heterocycles. The maximum atomic E-state index is 11.1. The summed E-state index contributed by atoms with van der Waals surface area (Å²) < 4.78 is 0. The molecular formula is C20H28O3. The number of phenols is 1. The molecule has 0 spiro atoms. The van der Waals surface area contributed by atoms with Crippen molar-refractivity contribution in [2.75, 3.05) is 0 Å². The molecule has 0 unspecified atom stereocenters. The fourth-order valence-corrected chi connectivity index (χ4v) is 5.13. The quantitative estimate of drug-likeness (QED) is 0.732. The second-order valence-electron chi connectivity index (χ2n) is 7.67. The fourth-order valence-electron chi connectivity index (χ4n) is 5.13. The zero-order chi connectivity index (χ0) is 16.9. The van der Waals surface area contributed by atoms with E-state index in [0.717, 1.165) is 19.3 Å². The summed E-state index contributed by atoms with van der Waals surface area (Å²) in [4.78, 5) is 0. The van der Waals surface area contributed by atoms with Crippen LogP contribution < -0.4 is 0 Å². The van der Waals surface area contributed by atoms with Gasteiger partial charge in [0.05, 0.1) is 5.60 Å². The first-order valence-electron chi connectivity index (χ1n) is 8.69. The number of hydrogen-bond acceptors (Lipinski definition) is 3. The second-order valence-corrected chi connectivity index (χ2v) is 7.67. The monoisotopic (exact) mass is 316 g/mol. The molecule has 2 aliphatic carbocycles. The Kier molecular flexibility index (Phi) is 3.85. The molecule has 2 aliphatic rings. The highest BCUT2D eigenvalue weighted by Gasteiger charge is 2.59. The molecule has 3 heteroatoms. The van der Waals surface area contributed by atoms with Gasteiger partial charge >= 0.3 is 0 Å². The lowest BCUT2D eigenvalue weighted by Crippen LogP contribution is -2.63. The highest BCUT2D eigenvalue weighted by molar-refractivity contribution is 5.44.